The molecular formula is C15H21N3O2. The van der Waals surface area contributed by atoms with Crippen LogP contribution in [0.5, 0.6) is 0 Å². The Bertz CT molecular complexity index is 494. The van der Waals surface area contributed by atoms with E-state index in [1.54, 1.807) is 0 Å². The Labute approximate surface area is 119 Å². The molecule has 5 nitrogen and oxygen atoms in total. The Morgan fingerprint density at radius 1 is 1.15 bits per heavy atom. The van der Waals surface area contributed by atoms with Gasteiger partial charge >= 0.3 is 0 Å². The van der Waals surface area contributed by atoms with Crippen molar-refractivity contribution in [3.63, 3.8) is 0 Å². The summed E-state index contributed by atoms with van der Waals surface area (Å²) in [6.45, 7) is 5.63. The molecule has 2 amide bonds. The van der Waals surface area contributed by atoms with Crippen LogP contribution in [-0.4, -0.2) is 54.3 Å². The number of primary amides is 1. The number of hydrogen-bond acceptors (Lipinski definition) is 3. The molecule has 0 aromatic heterocycles. The lowest BCUT2D eigenvalue weighted by molar-refractivity contribution is -0.118. The van der Waals surface area contributed by atoms with Gasteiger partial charge in [-0.3, -0.25) is 14.5 Å². The largest absolute Gasteiger partial charge is 0.370 e. The first-order chi connectivity index (χ1) is 9.58. The normalized spacial score (nSPS) is 16.1. The molecule has 5 heteroatoms. The molecule has 1 aliphatic heterocycles. The summed E-state index contributed by atoms with van der Waals surface area (Å²) in [4.78, 5) is 27.2. The summed E-state index contributed by atoms with van der Waals surface area (Å²) in [6.07, 6.45) is 0.381. The standard InChI is InChI=1S/C15H21N3O2/c1-12-4-2-3-5-13(12)15(20)18-10-8-17(9-11-18)7-6-14(16)19/h2-5H,6-11H2,1H3,(H2,16,19). The highest BCUT2D eigenvalue weighted by molar-refractivity contribution is 5.95. The zero-order valence-corrected chi connectivity index (χ0v) is 11.8. The SMILES string of the molecule is Cc1ccccc1C(=O)N1CCN(CCC(N)=O)CC1. The summed E-state index contributed by atoms with van der Waals surface area (Å²) in [6, 6.07) is 7.66. The predicted octanol–water partition coefficient (Wildman–Crippen LogP) is 0.628. The molecule has 2 N–H and O–H groups in total. The number of piperazine rings is 1. The molecule has 20 heavy (non-hydrogen) atoms. The van der Waals surface area contributed by atoms with Crippen LogP contribution in [0.3, 0.4) is 0 Å². The summed E-state index contributed by atoms with van der Waals surface area (Å²) in [7, 11) is 0. The number of nitrogens with two attached hydrogens (primary N) is 1. The Morgan fingerprint density at radius 3 is 2.40 bits per heavy atom. The van der Waals surface area contributed by atoms with Crippen molar-refractivity contribution in [2.24, 2.45) is 5.73 Å². The molecule has 1 aliphatic rings. The van der Waals surface area contributed by atoms with Gasteiger partial charge in [-0.15, -0.1) is 0 Å². The fourth-order valence-corrected chi connectivity index (χ4v) is 2.43. The van der Waals surface area contributed by atoms with Crippen LogP contribution in [0, 0.1) is 6.92 Å². The van der Waals surface area contributed by atoms with Crippen LogP contribution in [0.1, 0.15) is 22.3 Å². The van der Waals surface area contributed by atoms with E-state index in [1.165, 1.54) is 0 Å². The van der Waals surface area contributed by atoms with Gasteiger partial charge in [0.2, 0.25) is 5.91 Å². The lowest BCUT2D eigenvalue weighted by Crippen LogP contribution is -2.49. The number of amides is 2. The Hall–Kier alpha value is -1.88. The second-order valence-electron chi connectivity index (χ2n) is 5.17. The maximum Gasteiger partial charge on any atom is 0.254 e. The van der Waals surface area contributed by atoms with E-state index in [0.29, 0.717) is 26.1 Å². The molecule has 0 saturated carbocycles. The van der Waals surface area contributed by atoms with E-state index in [4.69, 9.17) is 5.73 Å². The fourth-order valence-electron chi connectivity index (χ4n) is 2.43. The van der Waals surface area contributed by atoms with Gasteiger partial charge in [-0.2, -0.15) is 0 Å². The van der Waals surface area contributed by atoms with Crippen molar-refractivity contribution in [1.29, 1.82) is 0 Å². The van der Waals surface area contributed by atoms with Gasteiger partial charge in [-0.1, -0.05) is 18.2 Å². The van der Waals surface area contributed by atoms with Crippen LogP contribution in [0.4, 0.5) is 0 Å². The van der Waals surface area contributed by atoms with E-state index in [1.807, 2.05) is 36.1 Å². The van der Waals surface area contributed by atoms with Gasteiger partial charge in [0, 0.05) is 44.7 Å². The zero-order chi connectivity index (χ0) is 14.5. The van der Waals surface area contributed by atoms with Gasteiger partial charge in [0.1, 0.15) is 0 Å². The Kier molecular flexibility index (Phi) is 4.74. The van der Waals surface area contributed by atoms with E-state index in [-0.39, 0.29) is 11.8 Å². The summed E-state index contributed by atoms with van der Waals surface area (Å²) in [5.41, 5.74) is 6.93. The number of rotatable bonds is 4. The second-order valence-corrected chi connectivity index (χ2v) is 5.17. The van der Waals surface area contributed by atoms with Crippen molar-refractivity contribution in [2.75, 3.05) is 32.7 Å². The molecule has 0 radical (unpaired) electrons. The third kappa shape index (κ3) is 3.57. The first-order valence-electron chi connectivity index (χ1n) is 6.93. The molecule has 0 atom stereocenters. The van der Waals surface area contributed by atoms with E-state index in [2.05, 4.69) is 4.90 Å². The van der Waals surface area contributed by atoms with Crippen molar-refractivity contribution in [3.05, 3.63) is 35.4 Å². The van der Waals surface area contributed by atoms with Gasteiger partial charge in [0.05, 0.1) is 0 Å². The molecule has 2 rings (SSSR count). The highest BCUT2D eigenvalue weighted by Crippen LogP contribution is 2.12. The molecule has 1 heterocycles. The van der Waals surface area contributed by atoms with Crippen LogP contribution < -0.4 is 5.73 Å². The van der Waals surface area contributed by atoms with E-state index in [0.717, 1.165) is 24.2 Å². The molecule has 0 bridgehead atoms. The third-order valence-corrected chi connectivity index (χ3v) is 3.71. The molecule has 0 aliphatic carbocycles. The number of hydrogen-bond donors (Lipinski definition) is 1. The molecule has 108 valence electrons. The van der Waals surface area contributed by atoms with Crippen molar-refractivity contribution >= 4 is 11.8 Å². The van der Waals surface area contributed by atoms with Crippen LogP contribution >= 0.6 is 0 Å². The second kappa shape index (κ2) is 6.52. The summed E-state index contributed by atoms with van der Waals surface area (Å²) < 4.78 is 0. The molecular weight excluding hydrogens is 254 g/mol. The zero-order valence-electron chi connectivity index (χ0n) is 11.8. The molecule has 0 unspecified atom stereocenters. The highest BCUT2D eigenvalue weighted by Gasteiger charge is 2.22. The average Bonchev–Trinajstić information content (AvgIpc) is 2.45. The quantitative estimate of drug-likeness (QED) is 0.876. The minimum Gasteiger partial charge on any atom is -0.370 e. The summed E-state index contributed by atoms with van der Waals surface area (Å²) in [5, 5.41) is 0. The highest BCUT2D eigenvalue weighted by atomic mass is 16.2. The van der Waals surface area contributed by atoms with Crippen LogP contribution in [0.2, 0.25) is 0 Å². The van der Waals surface area contributed by atoms with Crippen LogP contribution in [0.15, 0.2) is 24.3 Å². The molecule has 1 fully saturated rings. The minimum atomic E-state index is -0.275. The van der Waals surface area contributed by atoms with Gasteiger partial charge in [0.25, 0.3) is 5.91 Å². The lowest BCUT2D eigenvalue weighted by atomic mass is 10.1. The predicted molar refractivity (Wildman–Crippen MR) is 77.3 cm³/mol. The number of aryl methyl sites for hydroxylation is 1. The number of carbonyl (C=O) groups is 2. The van der Waals surface area contributed by atoms with Crippen molar-refractivity contribution in [2.45, 2.75) is 13.3 Å². The van der Waals surface area contributed by atoms with Gasteiger partial charge < -0.3 is 10.6 Å². The fraction of sp³-hybridized carbons (Fsp3) is 0.467. The third-order valence-electron chi connectivity index (χ3n) is 3.71. The minimum absolute atomic E-state index is 0.0950. The monoisotopic (exact) mass is 275 g/mol. The Morgan fingerprint density at radius 2 is 1.80 bits per heavy atom. The molecule has 1 saturated heterocycles. The molecule has 0 spiro atoms. The first-order valence-corrected chi connectivity index (χ1v) is 6.93. The maximum absolute atomic E-state index is 12.4. The van der Waals surface area contributed by atoms with Crippen molar-refractivity contribution < 1.29 is 9.59 Å². The van der Waals surface area contributed by atoms with E-state index in [9.17, 15) is 9.59 Å². The maximum atomic E-state index is 12.4. The van der Waals surface area contributed by atoms with Crippen LogP contribution in [-0.2, 0) is 4.79 Å². The smallest absolute Gasteiger partial charge is 0.254 e. The number of nitrogens with zero attached hydrogens (tertiary/aromatic N) is 2. The average molecular weight is 275 g/mol. The number of benzene rings is 1. The lowest BCUT2D eigenvalue weighted by Gasteiger charge is -2.34. The first kappa shape index (κ1) is 14.5. The number of carbonyl (C=O) groups excluding carboxylic acids is 2. The van der Waals surface area contributed by atoms with E-state index >= 15 is 0 Å². The van der Waals surface area contributed by atoms with Crippen LogP contribution in [0.25, 0.3) is 0 Å². The van der Waals surface area contributed by atoms with E-state index < -0.39 is 0 Å². The summed E-state index contributed by atoms with van der Waals surface area (Å²) >= 11 is 0. The Balaban J connectivity index is 1.89. The topological polar surface area (TPSA) is 66.6 Å². The van der Waals surface area contributed by atoms with Crippen molar-refractivity contribution in [3.8, 4) is 0 Å². The van der Waals surface area contributed by atoms with Gasteiger partial charge in [-0.05, 0) is 18.6 Å². The van der Waals surface area contributed by atoms with Gasteiger partial charge in [-0.25, -0.2) is 0 Å². The van der Waals surface area contributed by atoms with Crippen molar-refractivity contribution in [1.82, 2.24) is 9.80 Å². The molecule has 1 aromatic rings. The summed E-state index contributed by atoms with van der Waals surface area (Å²) in [5.74, 6) is -0.180. The van der Waals surface area contributed by atoms with Gasteiger partial charge in [0.15, 0.2) is 0 Å². The molecule has 1 aromatic carbocycles.